The summed E-state index contributed by atoms with van der Waals surface area (Å²) in [4.78, 5) is 24.0. The lowest BCUT2D eigenvalue weighted by Gasteiger charge is -2.17. The molecule has 0 heterocycles. The Labute approximate surface area is 138 Å². The first-order chi connectivity index (χ1) is 10.2. The van der Waals surface area contributed by atoms with Gasteiger partial charge in [-0.1, -0.05) is 0 Å². The number of carbonyl (C=O) groups excluding carboxylic acids is 2. The fraction of sp³-hybridized carbons (Fsp3) is 0.400. The van der Waals surface area contributed by atoms with E-state index in [1.165, 1.54) is 6.92 Å². The number of rotatable bonds is 4. The van der Waals surface area contributed by atoms with Crippen LogP contribution < -0.4 is 5.32 Å². The highest BCUT2D eigenvalue weighted by Gasteiger charge is 2.69. The average molecular weight is 341 g/mol. The second-order valence-corrected chi connectivity index (χ2v) is 6.92. The molecule has 0 bridgehead atoms. The zero-order valence-electron chi connectivity index (χ0n) is 12.0. The van der Waals surface area contributed by atoms with Gasteiger partial charge < -0.3 is 10.1 Å². The van der Waals surface area contributed by atoms with Crippen LogP contribution in [0.15, 0.2) is 24.3 Å². The van der Waals surface area contributed by atoms with E-state index in [0.29, 0.717) is 17.7 Å². The van der Waals surface area contributed by atoms with E-state index >= 15 is 0 Å². The van der Waals surface area contributed by atoms with Crippen molar-refractivity contribution in [3.8, 4) is 6.07 Å². The molecule has 7 heteroatoms. The third-order valence-corrected chi connectivity index (χ3v) is 4.74. The van der Waals surface area contributed by atoms with Gasteiger partial charge in [-0.3, -0.25) is 9.59 Å². The smallest absolute Gasteiger partial charge is 0.315 e. The van der Waals surface area contributed by atoms with Crippen molar-refractivity contribution in [3.63, 3.8) is 0 Å². The van der Waals surface area contributed by atoms with Crippen LogP contribution in [0.1, 0.15) is 25.8 Å². The summed E-state index contributed by atoms with van der Waals surface area (Å²) in [5, 5.41) is 11.3. The molecule has 1 aliphatic rings. The molecule has 1 saturated carbocycles. The highest BCUT2D eigenvalue weighted by Crippen LogP contribution is 2.64. The molecule has 5 nitrogen and oxygen atoms in total. The van der Waals surface area contributed by atoms with Crippen LogP contribution in [0.25, 0.3) is 0 Å². The molecule has 0 aliphatic heterocycles. The molecule has 0 aromatic heterocycles. The number of alkyl halides is 2. The highest BCUT2D eigenvalue weighted by atomic mass is 35.5. The first-order valence-corrected chi connectivity index (χ1v) is 7.35. The van der Waals surface area contributed by atoms with Crippen molar-refractivity contribution in [2.45, 2.75) is 30.7 Å². The Hall–Kier alpha value is -1.77. The Kier molecular flexibility index (Phi) is 4.37. The van der Waals surface area contributed by atoms with E-state index in [-0.39, 0.29) is 0 Å². The molecule has 1 N–H and O–H groups in total. The monoisotopic (exact) mass is 340 g/mol. The number of halogens is 2. The molecule has 22 heavy (non-hydrogen) atoms. The number of esters is 1. The maximum absolute atomic E-state index is 12.0. The zero-order chi connectivity index (χ0) is 16.5. The number of carbonyl (C=O) groups is 2. The van der Waals surface area contributed by atoms with E-state index in [1.54, 1.807) is 31.2 Å². The largest absolute Gasteiger partial charge is 0.452 e. The summed E-state index contributed by atoms with van der Waals surface area (Å²) >= 11 is 11.8. The summed E-state index contributed by atoms with van der Waals surface area (Å²) in [5.74, 6) is -1.07. The maximum atomic E-state index is 12.0. The van der Waals surface area contributed by atoms with E-state index in [0.717, 1.165) is 0 Å². The van der Waals surface area contributed by atoms with E-state index < -0.39 is 27.7 Å². The second kappa shape index (κ2) is 5.79. The molecule has 1 aliphatic carbocycles. The molecule has 0 saturated heterocycles. The van der Waals surface area contributed by atoms with Crippen molar-refractivity contribution < 1.29 is 14.3 Å². The van der Waals surface area contributed by atoms with E-state index in [1.807, 2.05) is 6.07 Å². The number of nitrogens with one attached hydrogen (secondary N) is 1. The quantitative estimate of drug-likeness (QED) is 0.674. The molecular formula is C15H14Cl2N2O3. The first-order valence-electron chi connectivity index (χ1n) is 6.59. The number of amides is 1. The Morgan fingerprint density at radius 2 is 1.91 bits per heavy atom. The molecule has 2 atom stereocenters. The van der Waals surface area contributed by atoms with Gasteiger partial charge in [-0.05, 0) is 38.1 Å². The fourth-order valence-electron chi connectivity index (χ4n) is 1.84. The third kappa shape index (κ3) is 3.18. The minimum absolute atomic E-state index is 0.298. The zero-order valence-corrected chi connectivity index (χ0v) is 13.5. The lowest BCUT2D eigenvalue weighted by Crippen LogP contribution is -2.33. The van der Waals surface area contributed by atoms with E-state index in [4.69, 9.17) is 33.2 Å². The summed E-state index contributed by atoms with van der Waals surface area (Å²) in [5.41, 5.74) is 0.0206. The molecule has 1 aromatic rings. The first kappa shape index (κ1) is 16.6. The fourth-order valence-corrected chi connectivity index (χ4v) is 2.53. The summed E-state index contributed by atoms with van der Waals surface area (Å²) < 4.78 is 3.99. The van der Waals surface area contributed by atoms with E-state index in [2.05, 4.69) is 5.32 Å². The maximum Gasteiger partial charge on any atom is 0.315 e. The number of hydrogen-bond acceptors (Lipinski definition) is 4. The Morgan fingerprint density at radius 3 is 2.36 bits per heavy atom. The number of nitrogens with zero attached hydrogens (tertiary/aromatic N) is 1. The lowest BCUT2D eigenvalue weighted by atomic mass is 10.1. The molecule has 1 amide bonds. The van der Waals surface area contributed by atoms with Gasteiger partial charge in [-0.15, -0.1) is 23.2 Å². The van der Waals surface area contributed by atoms with E-state index in [9.17, 15) is 9.59 Å². The molecule has 116 valence electrons. The van der Waals surface area contributed by atoms with Crippen molar-refractivity contribution >= 4 is 40.8 Å². The molecule has 0 spiro atoms. The summed E-state index contributed by atoms with van der Waals surface area (Å²) in [6.07, 6.45) is -0.684. The number of anilines is 1. The lowest BCUT2D eigenvalue weighted by molar-refractivity contribution is -0.158. The van der Waals surface area contributed by atoms with Crippen LogP contribution in [0.4, 0.5) is 5.69 Å². The number of hydrogen-bond donors (Lipinski definition) is 1. The van der Waals surface area contributed by atoms with Crippen LogP contribution in [0.3, 0.4) is 0 Å². The molecule has 1 fully saturated rings. The molecule has 1 aromatic carbocycles. The van der Waals surface area contributed by atoms with Crippen LogP contribution in [-0.4, -0.2) is 22.3 Å². The van der Waals surface area contributed by atoms with Gasteiger partial charge in [0.25, 0.3) is 5.91 Å². The van der Waals surface area contributed by atoms with Gasteiger partial charge in [0, 0.05) is 12.1 Å². The standard InChI is InChI=1S/C15H14Cl2N2O3/c1-9(22-13(21)14(2)8-15(14,16)17)12(20)19-11-5-3-10(7-18)4-6-11/h3-6,9H,8H2,1-2H3,(H,19,20)/t9-,14+/m0/s1. The van der Waals surface area contributed by atoms with Gasteiger partial charge in [0.05, 0.1) is 11.6 Å². The Morgan fingerprint density at radius 1 is 1.36 bits per heavy atom. The van der Waals surface area contributed by atoms with Gasteiger partial charge in [-0.25, -0.2) is 0 Å². The predicted molar refractivity (Wildman–Crippen MR) is 82.5 cm³/mol. The summed E-state index contributed by atoms with van der Waals surface area (Å²) in [7, 11) is 0. The topological polar surface area (TPSA) is 79.2 Å². The summed E-state index contributed by atoms with van der Waals surface area (Å²) in [6.45, 7) is 3.06. The van der Waals surface area contributed by atoms with Gasteiger partial charge in [0.15, 0.2) is 6.10 Å². The number of nitriles is 1. The molecular weight excluding hydrogens is 327 g/mol. The van der Waals surface area contributed by atoms with Crippen molar-refractivity contribution in [3.05, 3.63) is 29.8 Å². The Balaban J connectivity index is 1.92. The molecule has 2 rings (SSSR count). The Bertz CT molecular complexity index is 652. The number of benzene rings is 1. The highest BCUT2D eigenvalue weighted by molar-refractivity contribution is 6.53. The van der Waals surface area contributed by atoms with Crippen molar-refractivity contribution in [1.29, 1.82) is 5.26 Å². The van der Waals surface area contributed by atoms with Gasteiger partial charge >= 0.3 is 5.97 Å². The minimum Gasteiger partial charge on any atom is -0.452 e. The van der Waals surface area contributed by atoms with Crippen molar-refractivity contribution in [2.75, 3.05) is 5.32 Å². The third-order valence-electron chi connectivity index (χ3n) is 3.64. The minimum atomic E-state index is -1.13. The van der Waals surface area contributed by atoms with Crippen molar-refractivity contribution in [1.82, 2.24) is 0 Å². The van der Waals surface area contributed by atoms with Crippen molar-refractivity contribution in [2.24, 2.45) is 5.41 Å². The summed E-state index contributed by atoms with van der Waals surface area (Å²) in [6, 6.07) is 8.32. The second-order valence-electron chi connectivity index (χ2n) is 5.44. The predicted octanol–water partition coefficient (Wildman–Crippen LogP) is 3.01. The van der Waals surface area contributed by atoms with Crippen LogP contribution in [0.2, 0.25) is 0 Å². The van der Waals surface area contributed by atoms with Gasteiger partial charge in [0.1, 0.15) is 9.75 Å². The molecule has 0 unspecified atom stereocenters. The van der Waals surface area contributed by atoms with Crippen LogP contribution in [0.5, 0.6) is 0 Å². The van der Waals surface area contributed by atoms with Crippen LogP contribution in [0, 0.1) is 16.7 Å². The van der Waals surface area contributed by atoms with Gasteiger partial charge in [-0.2, -0.15) is 5.26 Å². The average Bonchev–Trinajstić information content (AvgIpc) is 2.99. The van der Waals surface area contributed by atoms with Crippen LogP contribution in [-0.2, 0) is 14.3 Å². The number of ether oxygens (including phenoxy) is 1. The van der Waals surface area contributed by atoms with Crippen LogP contribution >= 0.6 is 23.2 Å². The molecule has 0 radical (unpaired) electrons. The van der Waals surface area contributed by atoms with Gasteiger partial charge in [0.2, 0.25) is 0 Å². The SMILES string of the molecule is C[C@H](OC(=O)[C@@]1(C)CC1(Cl)Cl)C(=O)Nc1ccc(C#N)cc1. The normalized spacial score (nSPS) is 23.0.